The van der Waals surface area contributed by atoms with Gasteiger partial charge in [-0.15, -0.1) is 0 Å². The fourth-order valence-corrected chi connectivity index (χ4v) is 3.48. The highest BCUT2D eigenvalue weighted by Gasteiger charge is 2.49. The highest BCUT2D eigenvalue weighted by molar-refractivity contribution is 6.10. The molecule has 0 aliphatic carbocycles. The summed E-state index contributed by atoms with van der Waals surface area (Å²) >= 11 is 0. The number of urea groups is 1. The monoisotopic (exact) mass is 427 g/mol. The minimum Gasteiger partial charge on any atom is -0.496 e. The van der Waals surface area contributed by atoms with E-state index in [-0.39, 0.29) is 0 Å². The second-order valence-electron chi connectivity index (χ2n) is 7.25. The Morgan fingerprint density at radius 1 is 1.00 bits per heavy atom. The predicted molar refractivity (Wildman–Crippen MR) is 114 cm³/mol. The van der Waals surface area contributed by atoms with Gasteiger partial charge in [0.25, 0.3) is 5.91 Å². The van der Waals surface area contributed by atoms with Crippen LogP contribution in [-0.4, -0.2) is 50.6 Å². The van der Waals surface area contributed by atoms with Gasteiger partial charge in [0.15, 0.2) is 11.5 Å². The van der Waals surface area contributed by atoms with Crippen LogP contribution in [0.5, 0.6) is 17.2 Å². The zero-order valence-electron chi connectivity index (χ0n) is 18.1. The largest absolute Gasteiger partial charge is 0.496 e. The molecule has 31 heavy (non-hydrogen) atoms. The molecule has 2 N–H and O–H groups in total. The molecule has 2 aromatic carbocycles. The van der Waals surface area contributed by atoms with Crippen LogP contribution in [0.2, 0.25) is 0 Å². The van der Waals surface area contributed by atoms with E-state index >= 15 is 0 Å². The summed E-state index contributed by atoms with van der Waals surface area (Å²) in [6.07, 6.45) is 0. The molecule has 3 rings (SSSR count). The summed E-state index contributed by atoms with van der Waals surface area (Å²) in [5, 5.41) is 5.36. The molecule has 0 aromatic heterocycles. The summed E-state index contributed by atoms with van der Waals surface area (Å²) in [4.78, 5) is 39.0. The predicted octanol–water partition coefficient (Wildman–Crippen LogP) is 2.43. The standard InChI is InChI=1S/C22H25N3O6/c1-13-10-14(6-8-16(13)29-3)22(2)20(27)25(21(28)24-22)12-19(26)23-15-7-9-17(30-4)18(11-15)31-5/h6-11H,12H2,1-5H3,(H,23,26)(H,24,28). The minimum atomic E-state index is -1.28. The minimum absolute atomic E-state index is 0.427. The number of hydrogen-bond acceptors (Lipinski definition) is 6. The molecule has 1 aliphatic rings. The molecule has 164 valence electrons. The number of anilines is 1. The summed E-state index contributed by atoms with van der Waals surface area (Å²) in [6.45, 7) is 3.03. The molecule has 0 saturated carbocycles. The van der Waals surface area contributed by atoms with Crippen LogP contribution in [0.1, 0.15) is 18.1 Å². The van der Waals surface area contributed by atoms with E-state index in [1.165, 1.54) is 14.2 Å². The molecular weight excluding hydrogens is 402 g/mol. The van der Waals surface area contributed by atoms with Gasteiger partial charge in [0.1, 0.15) is 17.8 Å². The maximum absolute atomic E-state index is 13.1. The summed E-state index contributed by atoms with van der Waals surface area (Å²) < 4.78 is 15.6. The van der Waals surface area contributed by atoms with E-state index in [9.17, 15) is 14.4 Å². The molecule has 1 fully saturated rings. The third kappa shape index (κ3) is 4.11. The van der Waals surface area contributed by atoms with Gasteiger partial charge in [-0.2, -0.15) is 0 Å². The second kappa shape index (κ2) is 8.55. The Morgan fingerprint density at radius 3 is 2.26 bits per heavy atom. The third-order valence-electron chi connectivity index (χ3n) is 5.22. The average molecular weight is 427 g/mol. The molecule has 0 radical (unpaired) electrons. The van der Waals surface area contributed by atoms with E-state index in [0.29, 0.717) is 28.5 Å². The lowest BCUT2D eigenvalue weighted by Crippen LogP contribution is -2.42. The van der Waals surface area contributed by atoms with Crippen molar-refractivity contribution in [1.29, 1.82) is 0 Å². The molecule has 1 atom stereocenters. The van der Waals surface area contributed by atoms with Crippen molar-refractivity contribution in [2.24, 2.45) is 0 Å². The Morgan fingerprint density at radius 2 is 1.65 bits per heavy atom. The van der Waals surface area contributed by atoms with Crippen molar-refractivity contribution in [3.8, 4) is 17.2 Å². The molecule has 1 heterocycles. The van der Waals surface area contributed by atoms with Crippen LogP contribution in [-0.2, 0) is 15.1 Å². The highest BCUT2D eigenvalue weighted by atomic mass is 16.5. The van der Waals surface area contributed by atoms with E-state index in [1.807, 2.05) is 6.92 Å². The van der Waals surface area contributed by atoms with Crippen molar-refractivity contribution in [3.63, 3.8) is 0 Å². The van der Waals surface area contributed by atoms with Crippen molar-refractivity contribution >= 4 is 23.5 Å². The number of carbonyl (C=O) groups is 3. The molecule has 1 aliphatic heterocycles. The zero-order chi connectivity index (χ0) is 22.8. The number of aryl methyl sites for hydroxylation is 1. The number of hydrogen-bond donors (Lipinski definition) is 2. The lowest BCUT2D eigenvalue weighted by molar-refractivity contribution is -0.133. The molecule has 9 nitrogen and oxygen atoms in total. The Bertz CT molecular complexity index is 1040. The van der Waals surface area contributed by atoms with Crippen molar-refractivity contribution in [2.45, 2.75) is 19.4 Å². The highest BCUT2D eigenvalue weighted by Crippen LogP contribution is 2.32. The number of imide groups is 1. The SMILES string of the molecule is COc1ccc(C2(C)NC(=O)N(CC(=O)Nc3ccc(OC)c(OC)c3)C2=O)cc1C. The number of nitrogens with one attached hydrogen (secondary N) is 2. The average Bonchev–Trinajstić information content (AvgIpc) is 2.97. The van der Waals surface area contributed by atoms with Crippen LogP contribution in [0, 0.1) is 6.92 Å². The van der Waals surface area contributed by atoms with Crippen molar-refractivity contribution in [1.82, 2.24) is 10.2 Å². The van der Waals surface area contributed by atoms with Gasteiger partial charge < -0.3 is 24.8 Å². The number of benzene rings is 2. The number of rotatable bonds is 7. The molecular formula is C22H25N3O6. The van der Waals surface area contributed by atoms with Crippen molar-refractivity contribution in [2.75, 3.05) is 33.2 Å². The van der Waals surface area contributed by atoms with Crippen LogP contribution < -0.4 is 24.8 Å². The lowest BCUT2D eigenvalue weighted by Gasteiger charge is -2.23. The van der Waals surface area contributed by atoms with Crippen LogP contribution in [0.25, 0.3) is 0 Å². The molecule has 0 bridgehead atoms. The molecule has 1 unspecified atom stereocenters. The number of amides is 4. The maximum Gasteiger partial charge on any atom is 0.325 e. The summed E-state index contributed by atoms with van der Waals surface area (Å²) in [7, 11) is 4.55. The van der Waals surface area contributed by atoms with Gasteiger partial charge in [-0.05, 0) is 49.2 Å². The maximum atomic E-state index is 13.1. The number of methoxy groups -OCH3 is 3. The lowest BCUT2D eigenvalue weighted by atomic mass is 9.90. The summed E-state index contributed by atoms with van der Waals surface area (Å²) in [6, 6.07) is 9.47. The molecule has 0 spiro atoms. The first kappa shape index (κ1) is 21.9. The number of ether oxygens (including phenoxy) is 3. The van der Waals surface area contributed by atoms with Crippen LogP contribution in [0.3, 0.4) is 0 Å². The molecule has 4 amide bonds. The normalized spacial score (nSPS) is 17.9. The van der Waals surface area contributed by atoms with Crippen molar-refractivity contribution in [3.05, 3.63) is 47.5 Å². The first-order valence-corrected chi connectivity index (χ1v) is 9.54. The Kier molecular flexibility index (Phi) is 6.05. The van der Waals surface area contributed by atoms with Crippen LogP contribution >= 0.6 is 0 Å². The van der Waals surface area contributed by atoms with E-state index in [4.69, 9.17) is 14.2 Å². The van der Waals surface area contributed by atoms with E-state index in [2.05, 4.69) is 10.6 Å². The first-order valence-electron chi connectivity index (χ1n) is 9.54. The van der Waals surface area contributed by atoms with Gasteiger partial charge in [-0.25, -0.2) is 4.79 Å². The first-order chi connectivity index (χ1) is 14.7. The van der Waals surface area contributed by atoms with Gasteiger partial charge in [-0.3, -0.25) is 14.5 Å². The van der Waals surface area contributed by atoms with Crippen molar-refractivity contribution < 1.29 is 28.6 Å². The smallest absolute Gasteiger partial charge is 0.325 e. The third-order valence-corrected chi connectivity index (χ3v) is 5.22. The van der Waals surface area contributed by atoms with Gasteiger partial charge in [-0.1, -0.05) is 6.07 Å². The fraction of sp³-hybridized carbons (Fsp3) is 0.318. The van der Waals surface area contributed by atoms with E-state index in [1.54, 1.807) is 50.4 Å². The zero-order valence-corrected chi connectivity index (χ0v) is 18.1. The van der Waals surface area contributed by atoms with Crippen LogP contribution in [0.4, 0.5) is 10.5 Å². The molecule has 2 aromatic rings. The Hall–Kier alpha value is -3.75. The number of carbonyl (C=O) groups excluding carboxylic acids is 3. The Balaban J connectivity index is 1.75. The fourth-order valence-electron chi connectivity index (χ4n) is 3.48. The van der Waals surface area contributed by atoms with Gasteiger partial charge in [0.05, 0.1) is 21.3 Å². The topological polar surface area (TPSA) is 106 Å². The van der Waals surface area contributed by atoms with E-state index < -0.39 is 29.9 Å². The van der Waals surface area contributed by atoms with Gasteiger partial charge in [0, 0.05) is 11.8 Å². The summed E-state index contributed by atoms with van der Waals surface area (Å²) in [5.41, 5.74) is 0.598. The van der Waals surface area contributed by atoms with Gasteiger partial charge in [0.2, 0.25) is 5.91 Å². The van der Waals surface area contributed by atoms with Crippen LogP contribution in [0.15, 0.2) is 36.4 Å². The van der Waals surface area contributed by atoms with E-state index in [0.717, 1.165) is 10.5 Å². The molecule has 1 saturated heterocycles. The second-order valence-corrected chi connectivity index (χ2v) is 7.25. The quantitative estimate of drug-likeness (QED) is 0.658. The molecule has 9 heteroatoms. The Labute approximate surface area is 180 Å². The van der Waals surface area contributed by atoms with Gasteiger partial charge >= 0.3 is 6.03 Å². The number of nitrogens with zero attached hydrogens (tertiary/aromatic N) is 1. The summed E-state index contributed by atoms with van der Waals surface area (Å²) in [5.74, 6) is 0.601.